The van der Waals surface area contributed by atoms with Crippen molar-refractivity contribution in [1.29, 1.82) is 0 Å². The number of ether oxygens (including phenoxy) is 1. The van der Waals surface area contributed by atoms with Gasteiger partial charge in [0.1, 0.15) is 10.8 Å². The van der Waals surface area contributed by atoms with E-state index in [1.54, 1.807) is 18.2 Å². The highest BCUT2D eigenvalue weighted by molar-refractivity contribution is 6.43. The number of hydrogen-bond acceptors (Lipinski definition) is 2. The molecule has 1 aromatic heterocycles. The summed E-state index contributed by atoms with van der Waals surface area (Å²) in [6.45, 7) is 0. The highest BCUT2D eigenvalue weighted by Crippen LogP contribution is 2.34. The Kier molecular flexibility index (Phi) is 4.46. The molecule has 0 aliphatic heterocycles. The number of aromatic nitrogens is 1. The van der Waals surface area contributed by atoms with Crippen LogP contribution in [0.5, 0.6) is 11.6 Å². The van der Waals surface area contributed by atoms with E-state index in [0.717, 1.165) is 0 Å². The minimum atomic E-state index is 0.108. The van der Waals surface area contributed by atoms with Gasteiger partial charge >= 0.3 is 0 Å². The molecule has 2 aromatic rings. The smallest absolute Gasteiger partial charge is 0.239 e. The first-order valence-corrected chi connectivity index (χ1v) is 6.51. The molecule has 0 N–H and O–H groups in total. The van der Waals surface area contributed by atoms with E-state index in [2.05, 4.69) is 4.98 Å². The van der Waals surface area contributed by atoms with Gasteiger partial charge in [0.2, 0.25) is 5.88 Å². The van der Waals surface area contributed by atoms with Gasteiger partial charge in [-0.15, -0.1) is 0 Å². The first kappa shape index (κ1) is 14.0. The average Bonchev–Trinajstić information content (AvgIpc) is 2.31. The fourth-order valence-electron chi connectivity index (χ4n) is 1.15. The van der Waals surface area contributed by atoms with Gasteiger partial charge < -0.3 is 4.74 Å². The molecular weight excluding hydrogens is 339 g/mol. The maximum Gasteiger partial charge on any atom is 0.239 e. The molecule has 1 heterocycles. The van der Waals surface area contributed by atoms with Gasteiger partial charge in [0.25, 0.3) is 0 Å². The van der Waals surface area contributed by atoms with Gasteiger partial charge in [-0.05, 0) is 18.2 Å². The SMILES string of the molecule is Clc1ccc(Oc2nc(Cl)c(Cl)cc2Cl)cc1Cl. The predicted molar refractivity (Wildman–Crippen MR) is 75.8 cm³/mol. The van der Waals surface area contributed by atoms with Gasteiger partial charge in [-0.3, -0.25) is 0 Å². The van der Waals surface area contributed by atoms with Crippen LogP contribution in [0.15, 0.2) is 24.3 Å². The van der Waals surface area contributed by atoms with Crippen molar-refractivity contribution in [3.63, 3.8) is 0 Å². The van der Waals surface area contributed by atoms with Gasteiger partial charge in [0, 0.05) is 6.07 Å². The lowest BCUT2D eigenvalue weighted by Gasteiger charge is -2.08. The fraction of sp³-hybridized carbons (Fsp3) is 0. The molecule has 0 saturated carbocycles. The Morgan fingerprint density at radius 3 is 2.17 bits per heavy atom. The molecule has 0 aliphatic rings. The van der Waals surface area contributed by atoms with Crippen molar-refractivity contribution >= 4 is 58.0 Å². The zero-order valence-electron chi connectivity index (χ0n) is 8.55. The van der Waals surface area contributed by atoms with E-state index in [1.807, 2.05) is 0 Å². The summed E-state index contributed by atoms with van der Waals surface area (Å²) < 4.78 is 5.45. The zero-order valence-corrected chi connectivity index (χ0v) is 12.3. The summed E-state index contributed by atoms with van der Waals surface area (Å²) in [7, 11) is 0. The quantitative estimate of drug-likeness (QED) is 0.611. The van der Waals surface area contributed by atoms with Crippen molar-refractivity contribution in [2.24, 2.45) is 0 Å². The van der Waals surface area contributed by atoms with Gasteiger partial charge in [-0.25, -0.2) is 0 Å². The van der Waals surface area contributed by atoms with Crippen molar-refractivity contribution in [3.8, 4) is 11.6 Å². The monoisotopic (exact) mass is 341 g/mol. The summed E-state index contributed by atoms with van der Waals surface area (Å²) in [5, 5.41) is 1.40. The second-order valence-corrected chi connectivity index (χ2v) is 5.21. The highest BCUT2D eigenvalue weighted by Gasteiger charge is 2.10. The molecule has 0 radical (unpaired) electrons. The van der Waals surface area contributed by atoms with Gasteiger partial charge in [0.05, 0.1) is 15.1 Å². The lowest BCUT2D eigenvalue weighted by molar-refractivity contribution is 0.463. The van der Waals surface area contributed by atoms with Crippen LogP contribution in [0.4, 0.5) is 0 Å². The van der Waals surface area contributed by atoms with Crippen molar-refractivity contribution in [2.45, 2.75) is 0 Å². The fourth-order valence-corrected chi connectivity index (χ4v) is 1.97. The molecule has 0 unspecified atom stereocenters. The van der Waals surface area contributed by atoms with Crippen LogP contribution in [0, 0.1) is 0 Å². The number of rotatable bonds is 2. The van der Waals surface area contributed by atoms with Crippen LogP contribution in [0.25, 0.3) is 0 Å². The lowest BCUT2D eigenvalue weighted by Crippen LogP contribution is -1.90. The molecule has 0 bridgehead atoms. The molecule has 2 rings (SSSR count). The van der Waals surface area contributed by atoms with E-state index in [9.17, 15) is 0 Å². The van der Waals surface area contributed by atoms with Crippen molar-refractivity contribution in [1.82, 2.24) is 4.98 Å². The van der Waals surface area contributed by atoms with E-state index < -0.39 is 0 Å². The van der Waals surface area contributed by atoms with E-state index in [0.29, 0.717) is 15.8 Å². The summed E-state index contributed by atoms with van der Waals surface area (Å²) in [5.74, 6) is 0.585. The van der Waals surface area contributed by atoms with Gasteiger partial charge in [-0.1, -0.05) is 58.0 Å². The summed E-state index contributed by atoms with van der Waals surface area (Å²) in [6.07, 6.45) is 0. The van der Waals surface area contributed by atoms with Crippen molar-refractivity contribution in [3.05, 3.63) is 49.5 Å². The second-order valence-electron chi connectivity index (χ2n) is 3.23. The third-order valence-corrected chi connectivity index (χ3v) is 3.64. The van der Waals surface area contributed by atoms with Crippen LogP contribution in [0.1, 0.15) is 0 Å². The maximum absolute atomic E-state index is 5.93. The Hall–Kier alpha value is -0.380. The standard InChI is InChI=1S/C11H4Cl5NO/c12-6-2-1-5(3-7(6)13)18-11-9(15)4-8(14)10(16)17-11/h1-4H. The third kappa shape index (κ3) is 3.14. The Labute approximate surface area is 128 Å². The largest absolute Gasteiger partial charge is 0.437 e. The van der Waals surface area contributed by atoms with E-state index in [4.69, 9.17) is 62.7 Å². The molecule has 1 aromatic carbocycles. The van der Waals surface area contributed by atoms with Crippen LogP contribution in [0.3, 0.4) is 0 Å². The zero-order chi connectivity index (χ0) is 13.3. The molecule has 0 spiro atoms. The number of halogens is 5. The summed E-state index contributed by atoms with van der Waals surface area (Å²) in [4.78, 5) is 3.92. The first-order chi connectivity index (χ1) is 8.47. The molecule has 94 valence electrons. The Bertz CT molecular complexity index is 602. The minimum absolute atomic E-state index is 0.108. The van der Waals surface area contributed by atoms with Crippen molar-refractivity contribution in [2.75, 3.05) is 0 Å². The summed E-state index contributed by atoms with van der Waals surface area (Å²) >= 11 is 29.1. The van der Waals surface area contributed by atoms with E-state index in [1.165, 1.54) is 6.07 Å². The molecular formula is C11H4Cl5NO. The summed E-state index contributed by atoms with van der Waals surface area (Å²) in [5.41, 5.74) is 0. The third-order valence-electron chi connectivity index (χ3n) is 1.96. The van der Waals surface area contributed by atoms with Gasteiger partial charge in [0.15, 0.2) is 5.15 Å². The maximum atomic E-state index is 5.93. The molecule has 0 saturated heterocycles. The Morgan fingerprint density at radius 1 is 0.778 bits per heavy atom. The first-order valence-electron chi connectivity index (χ1n) is 4.62. The predicted octanol–water partition coefficient (Wildman–Crippen LogP) is 6.14. The Morgan fingerprint density at radius 2 is 1.50 bits per heavy atom. The molecule has 18 heavy (non-hydrogen) atoms. The van der Waals surface area contributed by atoms with Crippen molar-refractivity contribution < 1.29 is 4.74 Å². The van der Waals surface area contributed by atoms with Crippen LogP contribution in [0.2, 0.25) is 25.2 Å². The normalized spacial score (nSPS) is 10.5. The number of pyridine rings is 1. The second kappa shape index (κ2) is 5.72. The summed E-state index contributed by atoms with van der Waals surface area (Å²) in [6, 6.07) is 6.23. The molecule has 0 atom stereocenters. The molecule has 7 heteroatoms. The molecule has 0 fully saturated rings. The minimum Gasteiger partial charge on any atom is -0.437 e. The van der Waals surface area contributed by atoms with E-state index in [-0.39, 0.29) is 21.1 Å². The van der Waals surface area contributed by atoms with Gasteiger partial charge in [-0.2, -0.15) is 4.98 Å². The van der Waals surface area contributed by atoms with Crippen LogP contribution >= 0.6 is 58.0 Å². The molecule has 2 nitrogen and oxygen atoms in total. The number of benzene rings is 1. The molecule has 0 aliphatic carbocycles. The van der Waals surface area contributed by atoms with Crippen LogP contribution < -0.4 is 4.74 Å². The topological polar surface area (TPSA) is 22.1 Å². The van der Waals surface area contributed by atoms with E-state index >= 15 is 0 Å². The average molecular weight is 343 g/mol. The number of nitrogens with zero attached hydrogens (tertiary/aromatic N) is 1. The number of hydrogen-bond donors (Lipinski definition) is 0. The lowest BCUT2D eigenvalue weighted by atomic mass is 10.3. The highest BCUT2D eigenvalue weighted by atomic mass is 35.5. The van der Waals surface area contributed by atoms with Crippen LogP contribution in [-0.2, 0) is 0 Å². The molecule has 0 amide bonds. The Balaban J connectivity index is 2.34. The van der Waals surface area contributed by atoms with Crippen LogP contribution in [-0.4, -0.2) is 4.98 Å².